The number of hydrogen-bond donors (Lipinski definition) is 3. The van der Waals surface area contributed by atoms with E-state index in [0.717, 1.165) is 42.2 Å². The minimum absolute atomic E-state index is 0.0885. The van der Waals surface area contributed by atoms with Crippen molar-refractivity contribution < 1.29 is 23.7 Å². The monoisotopic (exact) mass is 437 g/mol. The van der Waals surface area contributed by atoms with Gasteiger partial charge < -0.3 is 15.2 Å². The molecule has 1 atom stereocenters. The maximum Gasteiger partial charge on any atom is 0.262 e. The second kappa shape index (κ2) is 8.19. The van der Waals surface area contributed by atoms with E-state index in [4.69, 9.17) is 4.52 Å². The van der Waals surface area contributed by atoms with Crippen LogP contribution in [0, 0.1) is 0 Å². The van der Waals surface area contributed by atoms with Crippen molar-refractivity contribution >= 4 is 29.3 Å². The summed E-state index contributed by atoms with van der Waals surface area (Å²) in [4.78, 5) is 50.9. The quantitative estimate of drug-likeness (QED) is 0.594. The number of aromatic nitrogens is 1. The number of hydrogen-bond acceptors (Lipinski definition) is 8. The van der Waals surface area contributed by atoms with E-state index in [0.29, 0.717) is 18.0 Å². The lowest BCUT2D eigenvalue weighted by molar-refractivity contribution is -0.136. The van der Waals surface area contributed by atoms with E-state index < -0.39 is 29.7 Å². The highest BCUT2D eigenvalue weighted by Gasteiger charge is 2.45. The predicted octanol–water partition coefficient (Wildman–Crippen LogP) is 1.15. The summed E-state index contributed by atoms with van der Waals surface area (Å²) in [6, 6.07) is 4.11. The largest absolute Gasteiger partial charge is 0.377 e. The molecule has 0 spiro atoms. The summed E-state index contributed by atoms with van der Waals surface area (Å²) in [7, 11) is 0. The molecule has 32 heavy (non-hydrogen) atoms. The van der Waals surface area contributed by atoms with Crippen LogP contribution < -0.4 is 16.0 Å². The van der Waals surface area contributed by atoms with Crippen molar-refractivity contribution in [2.45, 2.75) is 44.2 Å². The Balaban J connectivity index is 1.37. The van der Waals surface area contributed by atoms with Gasteiger partial charge in [-0.1, -0.05) is 17.3 Å². The van der Waals surface area contributed by atoms with Gasteiger partial charge in [0.2, 0.25) is 11.8 Å². The van der Waals surface area contributed by atoms with E-state index in [1.165, 1.54) is 0 Å². The van der Waals surface area contributed by atoms with Gasteiger partial charge in [0.1, 0.15) is 18.0 Å². The Hall–Kier alpha value is -3.53. The summed E-state index contributed by atoms with van der Waals surface area (Å²) < 4.78 is 5.20. The molecular formula is C22H23N5O5. The van der Waals surface area contributed by atoms with Crippen LogP contribution in [0.2, 0.25) is 0 Å². The summed E-state index contributed by atoms with van der Waals surface area (Å²) in [5.74, 6) is -1.75. The highest BCUT2D eigenvalue weighted by Crippen LogP contribution is 2.32. The third-order valence-corrected chi connectivity index (χ3v) is 6.35. The molecule has 0 bridgehead atoms. The van der Waals surface area contributed by atoms with Crippen molar-refractivity contribution in [3.63, 3.8) is 0 Å². The van der Waals surface area contributed by atoms with Gasteiger partial charge >= 0.3 is 0 Å². The Morgan fingerprint density at radius 3 is 2.69 bits per heavy atom. The molecule has 2 saturated heterocycles. The molecule has 4 amide bonds. The fraction of sp³-hybridized carbons (Fsp3) is 0.409. The molecule has 166 valence electrons. The second-order valence-corrected chi connectivity index (χ2v) is 8.28. The number of anilines is 1. The van der Waals surface area contributed by atoms with Crippen LogP contribution in [0.5, 0.6) is 0 Å². The Morgan fingerprint density at radius 1 is 1.09 bits per heavy atom. The lowest BCUT2D eigenvalue weighted by atomic mass is 9.94. The van der Waals surface area contributed by atoms with Gasteiger partial charge in [-0.15, -0.1) is 0 Å². The minimum atomic E-state index is -0.981. The number of rotatable bonds is 5. The standard InChI is InChI=1S/C22H23N5O5/c28-17-5-4-16(20(29)25-17)27-21(30)14-3-1-2-13(18(14)22(27)31)10-24-15-11-32-26-19(15)12-6-8-23-9-7-12/h1-3,11-12,16,23-24H,4-10H2,(H,25,28,29). The zero-order valence-corrected chi connectivity index (χ0v) is 17.3. The fourth-order valence-electron chi connectivity index (χ4n) is 4.69. The van der Waals surface area contributed by atoms with Gasteiger partial charge in [-0.05, 0) is 44.0 Å². The van der Waals surface area contributed by atoms with Gasteiger partial charge in [0.05, 0.1) is 16.8 Å². The smallest absolute Gasteiger partial charge is 0.262 e. The summed E-state index contributed by atoms with van der Waals surface area (Å²) in [5, 5.41) is 13.0. The van der Waals surface area contributed by atoms with Gasteiger partial charge in [0, 0.05) is 18.9 Å². The first kappa shape index (κ1) is 20.4. The van der Waals surface area contributed by atoms with Crippen molar-refractivity contribution in [2.75, 3.05) is 18.4 Å². The zero-order valence-electron chi connectivity index (χ0n) is 17.3. The number of imide groups is 2. The van der Waals surface area contributed by atoms with Crippen LogP contribution in [0.15, 0.2) is 29.0 Å². The SMILES string of the molecule is O=C1CCC(N2C(=O)c3cccc(CNc4conc4C4CCNCC4)c3C2=O)C(=O)N1. The van der Waals surface area contributed by atoms with Crippen molar-refractivity contribution in [3.8, 4) is 0 Å². The number of amides is 4. The first-order valence-electron chi connectivity index (χ1n) is 10.8. The van der Waals surface area contributed by atoms with Crippen molar-refractivity contribution in [2.24, 2.45) is 0 Å². The minimum Gasteiger partial charge on any atom is -0.377 e. The molecule has 1 aromatic carbocycles. The molecule has 0 saturated carbocycles. The summed E-state index contributed by atoms with van der Waals surface area (Å²) in [5.41, 5.74) is 2.84. The Bertz CT molecular complexity index is 1100. The second-order valence-electron chi connectivity index (χ2n) is 8.28. The van der Waals surface area contributed by atoms with Crippen LogP contribution in [0.4, 0.5) is 5.69 Å². The average molecular weight is 437 g/mol. The molecular weight excluding hydrogens is 414 g/mol. The topological polar surface area (TPSA) is 134 Å². The predicted molar refractivity (Wildman–Crippen MR) is 112 cm³/mol. The number of fused-ring (bicyclic) bond motifs is 1. The zero-order chi connectivity index (χ0) is 22.2. The van der Waals surface area contributed by atoms with E-state index in [1.54, 1.807) is 24.5 Å². The molecule has 0 aliphatic carbocycles. The summed E-state index contributed by atoms with van der Waals surface area (Å²) in [6.07, 6.45) is 3.71. The number of piperidine rings is 2. The molecule has 2 fully saturated rings. The van der Waals surface area contributed by atoms with Gasteiger partial charge in [0.15, 0.2) is 0 Å². The maximum atomic E-state index is 13.2. The van der Waals surface area contributed by atoms with Crippen LogP contribution in [-0.2, 0) is 16.1 Å². The fourth-order valence-corrected chi connectivity index (χ4v) is 4.69. The van der Waals surface area contributed by atoms with Gasteiger partial charge in [-0.2, -0.15) is 0 Å². The number of benzene rings is 1. The molecule has 3 aliphatic rings. The molecule has 0 radical (unpaired) electrons. The maximum absolute atomic E-state index is 13.2. The number of carbonyl (C=O) groups excluding carboxylic acids is 4. The third-order valence-electron chi connectivity index (χ3n) is 6.35. The Kier molecular flexibility index (Phi) is 5.22. The first-order chi connectivity index (χ1) is 15.5. The molecule has 10 nitrogen and oxygen atoms in total. The molecule has 4 heterocycles. The molecule has 3 aliphatic heterocycles. The van der Waals surface area contributed by atoms with Crippen LogP contribution in [0.1, 0.15) is 63.6 Å². The molecule has 10 heteroatoms. The third kappa shape index (κ3) is 3.46. The summed E-state index contributed by atoms with van der Waals surface area (Å²) >= 11 is 0. The Morgan fingerprint density at radius 2 is 1.91 bits per heavy atom. The molecule has 1 aromatic heterocycles. The Labute approximate surface area is 183 Å². The normalized spacial score (nSPS) is 21.6. The highest BCUT2D eigenvalue weighted by atomic mass is 16.5. The van der Waals surface area contributed by atoms with E-state index >= 15 is 0 Å². The number of carbonyl (C=O) groups is 4. The van der Waals surface area contributed by atoms with Crippen LogP contribution in [0.3, 0.4) is 0 Å². The van der Waals surface area contributed by atoms with E-state index in [1.807, 2.05) is 0 Å². The van der Waals surface area contributed by atoms with Crippen molar-refractivity contribution in [1.29, 1.82) is 0 Å². The van der Waals surface area contributed by atoms with Crippen molar-refractivity contribution in [3.05, 3.63) is 46.8 Å². The molecule has 3 N–H and O–H groups in total. The number of nitrogens with one attached hydrogen (secondary N) is 3. The molecule has 5 rings (SSSR count). The van der Waals surface area contributed by atoms with Crippen LogP contribution in [-0.4, -0.2) is 52.8 Å². The average Bonchev–Trinajstić information content (AvgIpc) is 3.37. The van der Waals surface area contributed by atoms with Gasteiger partial charge in [0.25, 0.3) is 11.8 Å². The lowest BCUT2D eigenvalue weighted by Crippen LogP contribution is -2.54. The molecule has 1 unspecified atom stereocenters. The number of nitrogens with zero attached hydrogens (tertiary/aromatic N) is 2. The molecule has 2 aromatic rings. The van der Waals surface area contributed by atoms with Crippen LogP contribution in [0.25, 0.3) is 0 Å². The van der Waals surface area contributed by atoms with Crippen LogP contribution >= 0.6 is 0 Å². The van der Waals surface area contributed by atoms with E-state index in [2.05, 4.69) is 21.1 Å². The van der Waals surface area contributed by atoms with Crippen molar-refractivity contribution in [1.82, 2.24) is 20.7 Å². The van der Waals surface area contributed by atoms with Gasteiger partial charge in [-0.25, -0.2) is 0 Å². The first-order valence-corrected chi connectivity index (χ1v) is 10.8. The summed E-state index contributed by atoms with van der Waals surface area (Å²) in [6.45, 7) is 2.15. The van der Waals surface area contributed by atoms with E-state index in [9.17, 15) is 19.2 Å². The highest BCUT2D eigenvalue weighted by molar-refractivity contribution is 6.24. The van der Waals surface area contributed by atoms with E-state index in [-0.39, 0.29) is 24.0 Å². The van der Waals surface area contributed by atoms with Gasteiger partial charge in [-0.3, -0.25) is 29.4 Å². The lowest BCUT2D eigenvalue weighted by Gasteiger charge is -2.27.